The molecule has 1 aliphatic rings. The van der Waals surface area contributed by atoms with E-state index in [1.54, 1.807) is 4.90 Å². The lowest BCUT2D eigenvalue weighted by molar-refractivity contribution is -0.148. The van der Waals surface area contributed by atoms with Crippen molar-refractivity contribution in [1.29, 1.82) is 0 Å². The molecular weight excluding hydrogens is 412 g/mol. The van der Waals surface area contributed by atoms with Crippen molar-refractivity contribution >= 4 is 44.9 Å². The number of anilines is 1. The van der Waals surface area contributed by atoms with Gasteiger partial charge in [-0.25, -0.2) is 4.79 Å². The quantitative estimate of drug-likeness (QED) is 0.457. The molecule has 1 aliphatic heterocycles. The monoisotopic (exact) mass is 436 g/mol. The van der Waals surface area contributed by atoms with Gasteiger partial charge < -0.3 is 15.0 Å². The van der Waals surface area contributed by atoms with Crippen molar-refractivity contribution in [3.8, 4) is 0 Å². The van der Waals surface area contributed by atoms with E-state index in [4.69, 9.17) is 4.74 Å². The van der Waals surface area contributed by atoms with Crippen LogP contribution < -0.4 is 5.32 Å². The summed E-state index contributed by atoms with van der Waals surface area (Å²) in [6, 6.07) is 17.0. The number of rotatable bonds is 5. The molecule has 2 amide bonds. The Bertz CT molecular complexity index is 1100. The number of likely N-dealkylation sites (tertiary alicyclic amines) is 1. The van der Waals surface area contributed by atoms with Crippen LogP contribution in [0.5, 0.6) is 0 Å². The number of ketones is 1. The molecule has 2 heterocycles. The third-order valence-corrected chi connectivity index (χ3v) is 6.90. The maximum Gasteiger partial charge on any atom is 0.321 e. The van der Waals surface area contributed by atoms with E-state index in [1.807, 2.05) is 61.5 Å². The fraction of sp³-hybridized carbons (Fsp3) is 0.292. The number of urea groups is 1. The lowest BCUT2D eigenvalue weighted by Crippen LogP contribution is -2.42. The highest BCUT2D eigenvalue weighted by molar-refractivity contribution is 7.21. The fourth-order valence-corrected chi connectivity index (χ4v) is 4.94. The first kappa shape index (κ1) is 21.1. The number of piperidine rings is 1. The zero-order valence-corrected chi connectivity index (χ0v) is 18.1. The van der Waals surface area contributed by atoms with Gasteiger partial charge in [0.2, 0.25) is 5.78 Å². The number of Topliss-reactive ketones (excluding diaryl/α,β-unsaturated/α-hetero) is 1. The number of esters is 1. The van der Waals surface area contributed by atoms with Gasteiger partial charge >= 0.3 is 12.0 Å². The molecule has 1 aromatic heterocycles. The van der Waals surface area contributed by atoms with Crippen LogP contribution in [0.4, 0.5) is 10.5 Å². The highest BCUT2D eigenvalue weighted by atomic mass is 32.1. The third-order valence-electron chi connectivity index (χ3n) is 5.58. The summed E-state index contributed by atoms with van der Waals surface area (Å²) in [5.41, 5.74) is 1.67. The Morgan fingerprint density at radius 3 is 2.42 bits per heavy atom. The second kappa shape index (κ2) is 9.31. The molecule has 2 aromatic carbocycles. The number of carbonyl (C=O) groups is 3. The van der Waals surface area contributed by atoms with Crippen molar-refractivity contribution in [1.82, 2.24) is 4.90 Å². The Hall–Kier alpha value is -3.19. The summed E-state index contributed by atoms with van der Waals surface area (Å²) in [5.74, 6) is -0.834. The van der Waals surface area contributed by atoms with Gasteiger partial charge in [-0.15, -0.1) is 11.3 Å². The van der Waals surface area contributed by atoms with Crippen LogP contribution in [0, 0.1) is 12.8 Å². The molecule has 3 aromatic rings. The predicted molar refractivity (Wildman–Crippen MR) is 122 cm³/mol. The van der Waals surface area contributed by atoms with E-state index >= 15 is 0 Å². The summed E-state index contributed by atoms with van der Waals surface area (Å²) in [4.78, 5) is 39.8. The van der Waals surface area contributed by atoms with Gasteiger partial charge in [0, 0.05) is 23.5 Å². The fourth-order valence-electron chi connectivity index (χ4n) is 3.80. The first-order chi connectivity index (χ1) is 15.0. The number of ether oxygens (including phenoxy) is 1. The van der Waals surface area contributed by atoms with Crippen molar-refractivity contribution in [3.63, 3.8) is 0 Å². The molecule has 0 atom stereocenters. The number of benzene rings is 2. The van der Waals surface area contributed by atoms with Crippen molar-refractivity contribution in [2.75, 3.05) is 25.0 Å². The van der Waals surface area contributed by atoms with E-state index in [1.165, 1.54) is 11.3 Å². The average molecular weight is 437 g/mol. The van der Waals surface area contributed by atoms with E-state index in [9.17, 15) is 14.4 Å². The second-order valence-electron chi connectivity index (χ2n) is 7.64. The van der Waals surface area contributed by atoms with E-state index in [0.717, 1.165) is 21.3 Å². The third kappa shape index (κ3) is 4.77. The van der Waals surface area contributed by atoms with Crippen molar-refractivity contribution in [3.05, 3.63) is 65.0 Å². The highest BCUT2D eigenvalue weighted by Crippen LogP contribution is 2.31. The van der Waals surface area contributed by atoms with Gasteiger partial charge in [0.25, 0.3) is 0 Å². The number of hydrogen-bond acceptors (Lipinski definition) is 5. The molecule has 31 heavy (non-hydrogen) atoms. The molecule has 1 N–H and O–H groups in total. The van der Waals surface area contributed by atoms with Crippen molar-refractivity contribution in [2.24, 2.45) is 5.92 Å². The molecule has 4 rings (SSSR count). The summed E-state index contributed by atoms with van der Waals surface area (Å²) in [5, 5.41) is 3.92. The number of aryl methyl sites for hydroxylation is 1. The van der Waals surface area contributed by atoms with Gasteiger partial charge in [0.05, 0.1) is 10.8 Å². The lowest BCUT2D eigenvalue weighted by atomic mass is 9.97. The molecule has 1 fully saturated rings. The number of hydrogen-bond donors (Lipinski definition) is 1. The van der Waals surface area contributed by atoms with Crippen LogP contribution in [0.3, 0.4) is 0 Å². The van der Waals surface area contributed by atoms with Gasteiger partial charge in [0.1, 0.15) is 0 Å². The van der Waals surface area contributed by atoms with Crippen LogP contribution in [0.25, 0.3) is 10.1 Å². The topological polar surface area (TPSA) is 75.7 Å². The van der Waals surface area contributed by atoms with Gasteiger partial charge in [-0.05, 0) is 48.9 Å². The van der Waals surface area contributed by atoms with Crippen LogP contribution in [-0.2, 0) is 9.53 Å². The molecule has 0 aliphatic carbocycles. The summed E-state index contributed by atoms with van der Waals surface area (Å²) < 4.78 is 6.39. The normalized spacial score (nSPS) is 14.4. The zero-order chi connectivity index (χ0) is 21.8. The van der Waals surface area contributed by atoms with Crippen molar-refractivity contribution < 1.29 is 19.1 Å². The van der Waals surface area contributed by atoms with E-state index in [-0.39, 0.29) is 30.3 Å². The minimum atomic E-state index is -0.366. The molecular formula is C24H24N2O4S. The molecule has 0 radical (unpaired) electrons. The lowest BCUT2D eigenvalue weighted by Gasteiger charge is -2.30. The summed E-state index contributed by atoms with van der Waals surface area (Å²) in [6.07, 6.45) is 1.05. The number of fused-ring (bicyclic) bond motifs is 1. The minimum absolute atomic E-state index is 0.173. The smallest absolute Gasteiger partial charge is 0.321 e. The molecule has 7 heteroatoms. The van der Waals surface area contributed by atoms with Crippen molar-refractivity contribution in [2.45, 2.75) is 19.8 Å². The Kier molecular flexibility index (Phi) is 6.32. The van der Waals surface area contributed by atoms with Crippen LogP contribution in [0.1, 0.15) is 28.1 Å². The number of thiophene rings is 1. The predicted octanol–water partition coefficient (Wildman–Crippen LogP) is 4.88. The molecule has 160 valence electrons. The van der Waals surface area contributed by atoms with Crippen LogP contribution in [-0.4, -0.2) is 42.4 Å². The number of para-hydroxylation sites is 1. The first-order valence-corrected chi connectivity index (χ1v) is 11.1. The van der Waals surface area contributed by atoms with E-state index in [0.29, 0.717) is 30.8 Å². The molecule has 0 unspecified atom stereocenters. The maximum absolute atomic E-state index is 12.6. The molecule has 0 saturated carbocycles. The van der Waals surface area contributed by atoms with Crippen LogP contribution in [0.2, 0.25) is 0 Å². The largest absolute Gasteiger partial charge is 0.457 e. The van der Waals surface area contributed by atoms with Crippen LogP contribution >= 0.6 is 11.3 Å². The zero-order valence-electron chi connectivity index (χ0n) is 17.3. The Balaban J connectivity index is 1.26. The molecule has 1 saturated heterocycles. The number of nitrogens with zero attached hydrogens (tertiary/aromatic N) is 1. The van der Waals surface area contributed by atoms with Gasteiger partial charge in [-0.1, -0.05) is 36.4 Å². The summed E-state index contributed by atoms with van der Waals surface area (Å²) in [6.45, 7) is 2.62. The Morgan fingerprint density at radius 2 is 1.71 bits per heavy atom. The molecule has 0 bridgehead atoms. The Labute approximate surface area is 184 Å². The average Bonchev–Trinajstić information content (AvgIpc) is 3.15. The van der Waals surface area contributed by atoms with Crippen LogP contribution in [0.15, 0.2) is 54.6 Å². The SMILES string of the molecule is Cc1c(C(=O)COC(=O)C2CCN(C(=O)Nc3ccccc3)CC2)sc2ccccc12. The molecule has 0 spiro atoms. The standard InChI is InChI=1S/C24H24N2O4S/c1-16-19-9-5-6-10-21(19)31-22(16)20(27)15-30-23(28)17-11-13-26(14-12-17)24(29)25-18-7-3-2-4-8-18/h2-10,17H,11-15H2,1H3,(H,25,29). The van der Waals surface area contributed by atoms with E-state index in [2.05, 4.69) is 5.32 Å². The van der Waals surface area contributed by atoms with E-state index < -0.39 is 0 Å². The summed E-state index contributed by atoms with van der Waals surface area (Å²) in [7, 11) is 0. The second-order valence-corrected chi connectivity index (χ2v) is 8.69. The van der Waals surface area contributed by atoms with Gasteiger partial charge in [-0.3, -0.25) is 9.59 Å². The van der Waals surface area contributed by atoms with Gasteiger partial charge in [0.15, 0.2) is 6.61 Å². The summed E-state index contributed by atoms with van der Waals surface area (Å²) >= 11 is 1.43. The maximum atomic E-state index is 12.6. The number of nitrogens with one attached hydrogen (secondary N) is 1. The highest BCUT2D eigenvalue weighted by Gasteiger charge is 2.29. The first-order valence-electron chi connectivity index (χ1n) is 10.3. The van der Waals surface area contributed by atoms with Gasteiger partial charge in [-0.2, -0.15) is 0 Å². The minimum Gasteiger partial charge on any atom is -0.457 e. The Morgan fingerprint density at radius 1 is 1.03 bits per heavy atom. The molecule has 6 nitrogen and oxygen atoms in total. The number of amides is 2. The number of carbonyl (C=O) groups excluding carboxylic acids is 3.